The molecule has 7 nitrogen and oxygen atoms in total. The Hall–Kier alpha value is -2.64. The van der Waals surface area contributed by atoms with Gasteiger partial charge in [-0.1, -0.05) is 0 Å². The highest BCUT2D eigenvalue weighted by Gasteiger charge is 2.26. The van der Waals surface area contributed by atoms with E-state index in [1.54, 1.807) is 45.3 Å². The molecule has 1 heterocycles. The van der Waals surface area contributed by atoms with Crippen molar-refractivity contribution in [3.05, 3.63) is 41.5 Å². The van der Waals surface area contributed by atoms with E-state index in [1.807, 2.05) is 18.2 Å². The van der Waals surface area contributed by atoms with Crippen molar-refractivity contribution in [3.8, 4) is 28.7 Å². The maximum Gasteiger partial charge on any atom is 0.203 e. The summed E-state index contributed by atoms with van der Waals surface area (Å²) < 4.78 is 27.5. The second kappa shape index (κ2) is 10.4. The quantitative estimate of drug-likeness (QED) is 0.610. The van der Waals surface area contributed by atoms with Gasteiger partial charge in [0.2, 0.25) is 5.75 Å². The smallest absolute Gasteiger partial charge is 0.203 e. The van der Waals surface area contributed by atoms with E-state index in [1.165, 1.54) is 5.56 Å². The lowest BCUT2D eigenvalue weighted by Gasteiger charge is -2.30. The molecule has 2 N–H and O–H groups in total. The Morgan fingerprint density at radius 2 is 1.17 bits per heavy atom. The third kappa shape index (κ3) is 4.91. The highest BCUT2D eigenvalue weighted by molar-refractivity contribution is 5.55. The first kappa shape index (κ1) is 22.1. The van der Waals surface area contributed by atoms with Gasteiger partial charge in [0.25, 0.3) is 0 Å². The van der Waals surface area contributed by atoms with Gasteiger partial charge in [-0.3, -0.25) is 0 Å². The summed E-state index contributed by atoms with van der Waals surface area (Å²) in [5.74, 6) is 3.91. The van der Waals surface area contributed by atoms with E-state index < -0.39 is 0 Å². The minimum atomic E-state index is 0.659. The summed E-state index contributed by atoms with van der Waals surface area (Å²) in [6.45, 7) is 6.24. The van der Waals surface area contributed by atoms with E-state index >= 15 is 0 Å². The van der Waals surface area contributed by atoms with Gasteiger partial charge in [0, 0.05) is 0 Å². The van der Waals surface area contributed by atoms with Crippen molar-refractivity contribution in [2.24, 2.45) is 0 Å². The molecule has 0 amide bonds. The Kier molecular flexibility index (Phi) is 7.65. The molecular weight excluding hydrogens is 384 g/mol. The highest BCUT2D eigenvalue weighted by Crippen LogP contribution is 2.39. The zero-order valence-corrected chi connectivity index (χ0v) is 18.7. The van der Waals surface area contributed by atoms with Crippen LogP contribution >= 0.6 is 0 Å². The number of ether oxygens (including phenoxy) is 5. The van der Waals surface area contributed by atoms with E-state index in [9.17, 15) is 0 Å². The summed E-state index contributed by atoms with van der Waals surface area (Å²) >= 11 is 0. The summed E-state index contributed by atoms with van der Waals surface area (Å²) in [6, 6.07) is 10.0. The van der Waals surface area contributed by atoms with Gasteiger partial charge in [-0.05, 0) is 30.3 Å². The maximum absolute atomic E-state index is 5.65. The van der Waals surface area contributed by atoms with Crippen molar-refractivity contribution >= 4 is 0 Å². The predicted molar refractivity (Wildman–Crippen MR) is 114 cm³/mol. The summed E-state index contributed by atoms with van der Waals surface area (Å²) in [7, 11) is 8.38. The fourth-order valence-corrected chi connectivity index (χ4v) is 4.17. The van der Waals surface area contributed by atoms with Crippen LogP contribution in [0, 0.1) is 0 Å². The monoisotopic (exact) mass is 418 g/mol. The second-order valence-corrected chi connectivity index (χ2v) is 7.52. The average Bonchev–Trinajstić information content (AvgIpc) is 2.79. The molecule has 0 radical (unpaired) electrons. The normalized spacial score (nSPS) is 18.6. The van der Waals surface area contributed by atoms with E-state index in [0.717, 1.165) is 62.1 Å². The molecule has 0 atom stereocenters. The van der Waals surface area contributed by atoms with Crippen molar-refractivity contribution in [2.75, 3.05) is 61.7 Å². The van der Waals surface area contributed by atoms with Crippen LogP contribution in [0.5, 0.6) is 28.7 Å². The van der Waals surface area contributed by atoms with Crippen LogP contribution in [0.2, 0.25) is 0 Å². The van der Waals surface area contributed by atoms with Crippen LogP contribution in [0.15, 0.2) is 30.3 Å². The molecule has 3 rings (SSSR count). The van der Waals surface area contributed by atoms with E-state index in [4.69, 9.17) is 23.7 Å². The standard InChI is InChI=1S/C23H32N2O5/c1-26-19-7-9-20(27-2)18(14-19)16-25-12-10-24(11-13-25)15-17-6-8-21(28-3)23(30-5)22(17)29-4/h6-9,14H,10-13,15-16H2,1-5H3/p+2. The number of piperazine rings is 1. The first-order valence-corrected chi connectivity index (χ1v) is 10.3. The molecule has 1 aliphatic rings. The molecule has 164 valence electrons. The third-order valence-electron chi connectivity index (χ3n) is 5.82. The molecule has 0 saturated carbocycles. The molecular formula is C23H34N2O5+2. The van der Waals surface area contributed by atoms with Gasteiger partial charge in [0.05, 0.1) is 46.7 Å². The zero-order valence-electron chi connectivity index (χ0n) is 18.7. The Morgan fingerprint density at radius 3 is 1.70 bits per heavy atom. The lowest BCUT2D eigenvalue weighted by molar-refractivity contribution is -1.02. The third-order valence-corrected chi connectivity index (χ3v) is 5.82. The van der Waals surface area contributed by atoms with Gasteiger partial charge in [-0.2, -0.15) is 0 Å². The molecule has 0 bridgehead atoms. The Labute approximate surface area is 179 Å². The average molecular weight is 419 g/mol. The molecule has 30 heavy (non-hydrogen) atoms. The van der Waals surface area contributed by atoms with E-state index in [-0.39, 0.29) is 0 Å². The molecule has 1 fully saturated rings. The molecule has 2 aromatic carbocycles. The number of hydrogen-bond acceptors (Lipinski definition) is 5. The zero-order chi connectivity index (χ0) is 21.5. The molecule has 0 aromatic heterocycles. The molecule has 2 aromatic rings. The second-order valence-electron chi connectivity index (χ2n) is 7.52. The summed E-state index contributed by atoms with van der Waals surface area (Å²) in [6.07, 6.45) is 0. The van der Waals surface area contributed by atoms with Gasteiger partial charge in [-0.15, -0.1) is 0 Å². The molecule has 0 spiro atoms. The first-order chi connectivity index (χ1) is 14.6. The number of nitrogens with one attached hydrogen (secondary N) is 2. The van der Waals surface area contributed by atoms with Crippen molar-refractivity contribution in [1.82, 2.24) is 0 Å². The van der Waals surface area contributed by atoms with Gasteiger partial charge in [0.1, 0.15) is 50.8 Å². The Bertz CT molecular complexity index is 835. The minimum absolute atomic E-state index is 0.659. The SMILES string of the molecule is COc1ccc(OC)c(C[NH+]2CC[NH+](Cc3ccc(OC)c(OC)c3OC)CC2)c1. The van der Waals surface area contributed by atoms with Crippen LogP contribution in [0.1, 0.15) is 11.1 Å². The Balaban J connectivity index is 1.63. The number of methoxy groups -OCH3 is 5. The lowest BCUT2D eigenvalue weighted by atomic mass is 10.1. The highest BCUT2D eigenvalue weighted by atomic mass is 16.5. The predicted octanol–water partition coefficient (Wildman–Crippen LogP) is 0.213. The summed E-state index contributed by atoms with van der Waals surface area (Å²) in [5.41, 5.74) is 2.33. The van der Waals surface area contributed by atoms with Crippen molar-refractivity contribution in [2.45, 2.75) is 13.1 Å². The number of hydrogen-bond donors (Lipinski definition) is 2. The van der Waals surface area contributed by atoms with Crippen LogP contribution in [0.25, 0.3) is 0 Å². The minimum Gasteiger partial charge on any atom is -0.497 e. The van der Waals surface area contributed by atoms with Gasteiger partial charge in [-0.25, -0.2) is 0 Å². The van der Waals surface area contributed by atoms with Crippen molar-refractivity contribution in [1.29, 1.82) is 0 Å². The summed E-state index contributed by atoms with van der Waals surface area (Å²) in [5, 5.41) is 0. The van der Waals surface area contributed by atoms with Gasteiger partial charge < -0.3 is 33.5 Å². The van der Waals surface area contributed by atoms with Crippen molar-refractivity contribution in [3.63, 3.8) is 0 Å². The van der Waals surface area contributed by atoms with Crippen LogP contribution in [0.3, 0.4) is 0 Å². The van der Waals surface area contributed by atoms with Crippen molar-refractivity contribution < 1.29 is 33.5 Å². The number of rotatable bonds is 9. The van der Waals surface area contributed by atoms with Gasteiger partial charge >= 0.3 is 0 Å². The molecule has 0 aliphatic carbocycles. The molecule has 1 saturated heterocycles. The lowest BCUT2D eigenvalue weighted by Crippen LogP contribution is -3.27. The van der Waals surface area contributed by atoms with Crippen LogP contribution in [-0.2, 0) is 13.1 Å². The first-order valence-electron chi connectivity index (χ1n) is 10.3. The number of benzene rings is 2. The fraction of sp³-hybridized carbons (Fsp3) is 0.478. The van der Waals surface area contributed by atoms with Crippen LogP contribution in [0.4, 0.5) is 0 Å². The van der Waals surface area contributed by atoms with Crippen LogP contribution < -0.4 is 33.5 Å². The summed E-state index contributed by atoms with van der Waals surface area (Å²) in [4.78, 5) is 3.10. The molecule has 7 heteroatoms. The number of quaternary nitrogens is 2. The van der Waals surface area contributed by atoms with E-state index in [0.29, 0.717) is 11.5 Å². The van der Waals surface area contributed by atoms with Crippen LogP contribution in [-0.4, -0.2) is 61.7 Å². The maximum atomic E-state index is 5.65. The van der Waals surface area contributed by atoms with Gasteiger partial charge in [0.15, 0.2) is 11.5 Å². The molecule has 1 aliphatic heterocycles. The Morgan fingerprint density at radius 1 is 0.600 bits per heavy atom. The molecule has 0 unspecified atom stereocenters. The topological polar surface area (TPSA) is 55.0 Å². The fourth-order valence-electron chi connectivity index (χ4n) is 4.17. The van der Waals surface area contributed by atoms with E-state index in [2.05, 4.69) is 12.1 Å². The largest absolute Gasteiger partial charge is 0.497 e.